The summed E-state index contributed by atoms with van der Waals surface area (Å²) in [5, 5.41) is 16.1. The first-order valence-electron chi connectivity index (χ1n) is 12.9. The molecule has 3 atom stereocenters. The van der Waals surface area contributed by atoms with Gasteiger partial charge in [0.05, 0.1) is 4.91 Å². The second-order valence-corrected chi connectivity index (χ2v) is 11.6. The fraction of sp³-hybridized carbons (Fsp3) is 0.448. The number of amides is 2. The summed E-state index contributed by atoms with van der Waals surface area (Å²) in [4.78, 5) is 23.7. The number of ether oxygens (including phenoxy) is 2. The number of nitrogens with one attached hydrogen (secondary N) is 2. The van der Waals surface area contributed by atoms with Crippen molar-refractivity contribution in [2.45, 2.75) is 77.5 Å². The van der Waals surface area contributed by atoms with E-state index in [1.165, 1.54) is 0 Å². The number of phenolic OH excluding ortho intramolecular Hbond substituents is 1. The lowest BCUT2D eigenvalue weighted by Gasteiger charge is -2.41. The second-order valence-electron chi connectivity index (χ2n) is 10.6. The Balaban J connectivity index is 1.34. The highest BCUT2D eigenvalue weighted by atomic mass is 32.2. The quantitative estimate of drug-likeness (QED) is 0.442. The van der Waals surface area contributed by atoms with Gasteiger partial charge in [-0.1, -0.05) is 12.1 Å². The highest BCUT2D eigenvalue weighted by Gasteiger charge is 2.40. The Morgan fingerprint density at radius 1 is 1.19 bits per heavy atom. The van der Waals surface area contributed by atoms with E-state index in [-0.39, 0.29) is 23.3 Å². The molecule has 2 fully saturated rings. The van der Waals surface area contributed by atoms with E-state index in [9.17, 15) is 14.7 Å². The van der Waals surface area contributed by atoms with E-state index in [4.69, 9.17) is 9.47 Å². The first-order valence-corrected chi connectivity index (χ1v) is 13.7. The largest absolute Gasteiger partial charge is 0.507 e. The van der Waals surface area contributed by atoms with Gasteiger partial charge in [-0.05, 0) is 112 Å². The minimum atomic E-state index is -0.396. The van der Waals surface area contributed by atoms with E-state index >= 15 is 0 Å². The molecule has 0 spiro atoms. The summed E-state index contributed by atoms with van der Waals surface area (Å²) in [6.07, 6.45) is 6.23. The van der Waals surface area contributed by atoms with Gasteiger partial charge in [0.1, 0.15) is 29.0 Å². The van der Waals surface area contributed by atoms with Crippen molar-refractivity contribution in [3.05, 3.63) is 57.0 Å². The summed E-state index contributed by atoms with van der Waals surface area (Å²) in [7, 11) is 0. The Hall–Kier alpha value is -2.97. The molecule has 5 rings (SSSR count). The molecule has 0 bridgehead atoms. The molecule has 2 amide bonds. The molecular weight excluding hydrogens is 488 g/mol. The first kappa shape index (κ1) is 25.7. The van der Waals surface area contributed by atoms with Crippen LogP contribution < -0.4 is 20.1 Å². The summed E-state index contributed by atoms with van der Waals surface area (Å²) in [5.41, 5.74) is 4.33. The number of imide groups is 1. The topological polar surface area (TPSA) is 96.9 Å². The van der Waals surface area contributed by atoms with Crippen LogP contribution in [0.3, 0.4) is 0 Å². The van der Waals surface area contributed by atoms with Crippen molar-refractivity contribution < 1.29 is 24.2 Å². The highest BCUT2D eigenvalue weighted by molar-refractivity contribution is 8.18. The third-order valence-electron chi connectivity index (χ3n) is 7.88. The van der Waals surface area contributed by atoms with E-state index in [2.05, 4.69) is 17.6 Å². The van der Waals surface area contributed by atoms with Gasteiger partial charge in [-0.2, -0.15) is 0 Å². The smallest absolute Gasteiger partial charge is 0.290 e. The number of phenols is 1. The Morgan fingerprint density at radius 2 is 1.95 bits per heavy atom. The monoisotopic (exact) mass is 522 g/mol. The highest BCUT2D eigenvalue weighted by Crippen LogP contribution is 2.45. The van der Waals surface area contributed by atoms with E-state index in [1.807, 2.05) is 45.0 Å². The zero-order chi connectivity index (χ0) is 26.3. The number of carbonyl (C=O) groups is 2. The van der Waals surface area contributed by atoms with Crippen LogP contribution in [0.15, 0.2) is 29.2 Å². The summed E-state index contributed by atoms with van der Waals surface area (Å²) >= 11 is 0.912. The van der Waals surface area contributed by atoms with Gasteiger partial charge in [-0.15, -0.1) is 0 Å². The number of aromatic hydroxyl groups is 1. The van der Waals surface area contributed by atoms with E-state index in [1.54, 1.807) is 6.08 Å². The van der Waals surface area contributed by atoms with Crippen LogP contribution in [-0.2, 0) is 11.2 Å². The van der Waals surface area contributed by atoms with Crippen LogP contribution in [-0.4, -0.2) is 40.5 Å². The fourth-order valence-corrected chi connectivity index (χ4v) is 6.23. The first-order chi connectivity index (χ1) is 17.6. The normalized spacial score (nSPS) is 25.1. The number of benzene rings is 2. The van der Waals surface area contributed by atoms with Gasteiger partial charge in [0.15, 0.2) is 0 Å². The minimum absolute atomic E-state index is 0.0772. The molecule has 0 aliphatic carbocycles. The lowest BCUT2D eigenvalue weighted by atomic mass is 9.83. The SMILES string of the molecule is Cc1c(C)c2c(c(C)c1O)CCC(C)(CC(Oc1ccc(C=C3SC(=O)NC3=O)cc1)[C@H]1CCCN1)O2. The van der Waals surface area contributed by atoms with Crippen molar-refractivity contribution in [2.75, 3.05) is 6.54 Å². The summed E-state index contributed by atoms with van der Waals surface area (Å²) in [6.45, 7) is 9.07. The molecule has 2 aromatic carbocycles. The van der Waals surface area contributed by atoms with E-state index < -0.39 is 5.60 Å². The molecule has 7 nitrogen and oxygen atoms in total. The second kappa shape index (κ2) is 10.1. The van der Waals surface area contributed by atoms with Crippen LogP contribution in [0.25, 0.3) is 6.08 Å². The number of carbonyl (C=O) groups excluding carboxylic acids is 2. The third-order valence-corrected chi connectivity index (χ3v) is 8.69. The van der Waals surface area contributed by atoms with Crippen LogP contribution in [0.2, 0.25) is 0 Å². The molecule has 3 aliphatic rings. The Bertz CT molecular complexity index is 1270. The molecule has 3 heterocycles. The predicted octanol–water partition coefficient (Wildman–Crippen LogP) is 5.31. The van der Waals surface area contributed by atoms with Crippen molar-refractivity contribution in [3.63, 3.8) is 0 Å². The van der Waals surface area contributed by atoms with E-state index in [0.29, 0.717) is 10.7 Å². The Kier molecular flexibility index (Phi) is 6.98. The third kappa shape index (κ3) is 5.22. The van der Waals surface area contributed by atoms with Crippen LogP contribution in [0.4, 0.5) is 4.79 Å². The molecule has 2 unspecified atom stereocenters. The molecular formula is C29H34N2O5S. The number of rotatable bonds is 6. The van der Waals surface area contributed by atoms with Crippen molar-refractivity contribution in [3.8, 4) is 17.2 Å². The average Bonchev–Trinajstić information content (AvgIpc) is 3.52. The molecule has 3 N–H and O–H groups in total. The van der Waals surface area contributed by atoms with Gasteiger partial charge in [-0.3, -0.25) is 14.9 Å². The maximum absolute atomic E-state index is 11.8. The number of thioether (sulfide) groups is 1. The zero-order valence-corrected chi connectivity index (χ0v) is 22.6. The lowest BCUT2D eigenvalue weighted by molar-refractivity contribution is -0.115. The van der Waals surface area contributed by atoms with Crippen molar-refractivity contribution >= 4 is 29.0 Å². The summed E-state index contributed by atoms with van der Waals surface area (Å²) in [6, 6.07) is 7.85. The average molecular weight is 523 g/mol. The van der Waals surface area contributed by atoms with Crippen molar-refractivity contribution in [1.82, 2.24) is 10.6 Å². The minimum Gasteiger partial charge on any atom is -0.507 e. The standard InChI is InChI=1S/C29H34N2O5S/c1-16-17(2)26-21(18(3)25(16)32)11-12-29(4,36-26)15-23(22-6-5-13-30-22)35-20-9-7-19(8-10-20)14-24-27(33)31-28(34)37-24/h7-10,14,22-23,30,32H,5-6,11-13,15H2,1-4H3,(H,31,33,34)/t22-,23?,29?/m1/s1. The number of fused-ring (bicyclic) bond motifs is 1. The molecule has 2 saturated heterocycles. The molecule has 2 aromatic rings. The van der Waals surface area contributed by atoms with Gasteiger partial charge in [0.25, 0.3) is 11.1 Å². The van der Waals surface area contributed by atoms with E-state index in [0.717, 1.165) is 89.7 Å². The summed E-state index contributed by atoms with van der Waals surface area (Å²) < 4.78 is 13.3. The van der Waals surface area contributed by atoms with Crippen LogP contribution in [0.1, 0.15) is 60.4 Å². The lowest BCUT2D eigenvalue weighted by Crippen LogP contribution is -2.47. The molecule has 8 heteroatoms. The van der Waals surface area contributed by atoms with Crippen LogP contribution >= 0.6 is 11.8 Å². The molecule has 196 valence electrons. The maximum atomic E-state index is 11.8. The van der Waals surface area contributed by atoms with Gasteiger partial charge in [-0.25, -0.2) is 0 Å². The fourth-order valence-electron chi connectivity index (χ4n) is 5.55. The molecule has 0 radical (unpaired) electrons. The molecule has 3 aliphatic heterocycles. The zero-order valence-electron chi connectivity index (χ0n) is 21.8. The molecule has 37 heavy (non-hydrogen) atoms. The van der Waals surface area contributed by atoms with Crippen LogP contribution in [0.5, 0.6) is 17.2 Å². The number of hydrogen-bond donors (Lipinski definition) is 3. The van der Waals surface area contributed by atoms with Gasteiger partial charge in [0, 0.05) is 18.0 Å². The van der Waals surface area contributed by atoms with Gasteiger partial charge < -0.3 is 19.9 Å². The number of hydrogen-bond acceptors (Lipinski definition) is 7. The molecule has 0 saturated carbocycles. The van der Waals surface area contributed by atoms with Gasteiger partial charge in [0.2, 0.25) is 0 Å². The Labute approximate surface area is 222 Å². The maximum Gasteiger partial charge on any atom is 0.290 e. The summed E-state index contributed by atoms with van der Waals surface area (Å²) in [5.74, 6) is 1.68. The van der Waals surface area contributed by atoms with Crippen molar-refractivity contribution in [1.29, 1.82) is 0 Å². The van der Waals surface area contributed by atoms with Crippen molar-refractivity contribution in [2.24, 2.45) is 0 Å². The Morgan fingerprint density at radius 3 is 2.59 bits per heavy atom. The molecule has 0 aromatic heterocycles. The van der Waals surface area contributed by atoms with Crippen LogP contribution in [0, 0.1) is 20.8 Å². The van der Waals surface area contributed by atoms with Gasteiger partial charge >= 0.3 is 0 Å². The predicted molar refractivity (Wildman–Crippen MR) is 145 cm³/mol.